The molecule has 0 atom stereocenters. The summed E-state index contributed by atoms with van der Waals surface area (Å²) in [5.74, 6) is -0.651. The van der Waals surface area contributed by atoms with Crippen molar-refractivity contribution in [3.05, 3.63) is 61.4 Å². The van der Waals surface area contributed by atoms with Gasteiger partial charge < -0.3 is 14.8 Å². The molecule has 0 saturated carbocycles. The molecule has 1 saturated heterocycles. The highest BCUT2D eigenvalue weighted by Gasteiger charge is 2.21. The van der Waals surface area contributed by atoms with Gasteiger partial charge >= 0.3 is 0 Å². The van der Waals surface area contributed by atoms with Crippen molar-refractivity contribution >= 4 is 45.0 Å². The molecule has 0 aliphatic carbocycles. The lowest BCUT2D eigenvalue weighted by Gasteiger charge is -2.27. The number of carbonyl (C=O) groups is 2. The molecule has 27 heavy (non-hydrogen) atoms. The van der Waals surface area contributed by atoms with Crippen LogP contribution in [-0.4, -0.2) is 34.4 Å². The summed E-state index contributed by atoms with van der Waals surface area (Å²) in [6, 6.07) is 6.32. The summed E-state index contributed by atoms with van der Waals surface area (Å²) >= 11 is 9.38. The number of pyridine rings is 1. The molecule has 2 aromatic rings. The number of benzene rings is 1. The van der Waals surface area contributed by atoms with Gasteiger partial charge in [-0.05, 0) is 43.5 Å². The second kappa shape index (κ2) is 8.27. The first-order valence-electron chi connectivity index (χ1n) is 8.63. The van der Waals surface area contributed by atoms with Gasteiger partial charge in [0, 0.05) is 30.8 Å². The van der Waals surface area contributed by atoms with Gasteiger partial charge in [0.05, 0.1) is 16.1 Å². The number of aromatic nitrogens is 1. The van der Waals surface area contributed by atoms with Crippen LogP contribution in [0.25, 0.3) is 0 Å². The Kier molecular flexibility index (Phi) is 6.01. The van der Waals surface area contributed by atoms with E-state index in [1.54, 1.807) is 30.1 Å². The number of aryl methyl sites for hydroxylation is 1. The Morgan fingerprint density at radius 3 is 2.56 bits per heavy atom. The van der Waals surface area contributed by atoms with E-state index in [0.29, 0.717) is 23.1 Å². The second-order valence-corrected chi connectivity index (χ2v) is 7.81. The minimum Gasteiger partial charge on any atom is -0.339 e. The molecule has 0 radical (unpaired) electrons. The maximum absolute atomic E-state index is 12.7. The quantitative estimate of drug-likeness (QED) is 0.772. The molecular weight excluding hydrogens is 434 g/mol. The van der Waals surface area contributed by atoms with Crippen molar-refractivity contribution in [1.82, 2.24) is 9.47 Å². The molecule has 1 aromatic heterocycles. The monoisotopic (exact) mass is 451 g/mol. The zero-order valence-corrected chi connectivity index (χ0v) is 17.1. The Hall–Kier alpha value is -2.12. The van der Waals surface area contributed by atoms with E-state index in [1.165, 1.54) is 16.8 Å². The molecule has 1 N–H and O–H groups in total. The average Bonchev–Trinajstić information content (AvgIpc) is 2.67. The number of nitrogens with zero attached hydrogens (tertiary/aromatic N) is 2. The highest BCUT2D eigenvalue weighted by molar-refractivity contribution is 9.10. The lowest BCUT2D eigenvalue weighted by Crippen LogP contribution is -2.36. The molecule has 142 valence electrons. The Morgan fingerprint density at radius 1 is 1.15 bits per heavy atom. The van der Waals surface area contributed by atoms with E-state index in [4.69, 9.17) is 11.6 Å². The van der Waals surface area contributed by atoms with Crippen LogP contribution in [0.1, 0.15) is 40.0 Å². The highest BCUT2D eigenvalue weighted by Crippen LogP contribution is 2.22. The van der Waals surface area contributed by atoms with Gasteiger partial charge in [-0.25, -0.2) is 0 Å². The van der Waals surface area contributed by atoms with Crippen molar-refractivity contribution in [2.75, 3.05) is 18.4 Å². The molecule has 0 bridgehead atoms. The SMILES string of the molecule is Cn1cc(C(=O)N2CCCCC2)cc(NC(=O)c2cc(Br)ccc2Cl)c1=O. The molecule has 6 nitrogen and oxygen atoms in total. The number of nitrogens with one attached hydrogen (secondary N) is 1. The van der Waals surface area contributed by atoms with E-state index in [9.17, 15) is 14.4 Å². The number of hydrogen-bond acceptors (Lipinski definition) is 3. The van der Waals surface area contributed by atoms with Gasteiger partial charge in [-0.1, -0.05) is 27.5 Å². The first-order valence-corrected chi connectivity index (χ1v) is 9.80. The van der Waals surface area contributed by atoms with Gasteiger partial charge in [0.1, 0.15) is 5.69 Å². The molecular formula is C19H19BrClN3O3. The largest absolute Gasteiger partial charge is 0.339 e. The highest BCUT2D eigenvalue weighted by atomic mass is 79.9. The van der Waals surface area contributed by atoms with Gasteiger partial charge in [0.15, 0.2) is 0 Å². The summed E-state index contributed by atoms with van der Waals surface area (Å²) < 4.78 is 1.99. The van der Waals surface area contributed by atoms with Crippen molar-refractivity contribution in [3.8, 4) is 0 Å². The van der Waals surface area contributed by atoms with Crippen LogP contribution in [0.4, 0.5) is 5.69 Å². The molecule has 1 fully saturated rings. The Morgan fingerprint density at radius 2 is 1.85 bits per heavy atom. The van der Waals surface area contributed by atoms with Gasteiger partial charge in [0.2, 0.25) is 0 Å². The van der Waals surface area contributed by atoms with E-state index in [1.807, 2.05) is 0 Å². The van der Waals surface area contributed by atoms with E-state index >= 15 is 0 Å². The maximum atomic E-state index is 12.7. The Bertz CT molecular complexity index is 952. The zero-order valence-electron chi connectivity index (χ0n) is 14.8. The van der Waals surface area contributed by atoms with E-state index in [0.717, 1.165) is 19.3 Å². The Balaban J connectivity index is 1.90. The predicted molar refractivity (Wildman–Crippen MR) is 109 cm³/mol. The van der Waals surface area contributed by atoms with Crippen LogP contribution in [0.2, 0.25) is 5.02 Å². The number of carbonyl (C=O) groups excluding carboxylic acids is 2. The van der Waals surface area contributed by atoms with Gasteiger partial charge in [-0.2, -0.15) is 0 Å². The minimum atomic E-state index is -0.513. The minimum absolute atomic E-state index is 0.0430. The third-order valence-corrected chi connectivity index (χ3v) is 5.32. The van der Waals surface area contributed by atoms with Crippen molar-refractivity contribution in [3.63, 3.8) is 0 Å². The summed E-state index contributed by atoms with van der Waals surface area (Å²) in [4.78, 5) is 39.5. The molecule has 2 amide bonds. The third kappa shape index (κ3) is 4.42. The predicted octanol–water partition coefficient (Wildman–Crippen LogP) is 3.68. The normalized spacial score (nSPS) is 14.1. The topological polar surface area (TPSA) is 71.4 Å². The smallest absolute Gasteiger partial charge is 0.274 e. The van der Waals surface area contributed by atoms with E-state index in [-0.39, 0.29) is 22.2 Å². The zero-order chi connectivity index (χ0) is 19.6. The molecule has 8 heteroatoms. The number of likely N-dealkylation sites (tertiary alicyclic amines) is 1. The van der Waals surface area contributed by atoms with E-state index < -0.39 is 11.5 Å². The average molecular weight is 453 g/mol. The molecule has 2 heterocycles. The number of anilines is 1. The maximum Gasteiger partial charge on any atom is 0.274 e. The lowest BCUT2D eigenvalue weighted by atomic mass is 10.1. The van der Waals surface area contributed by atoms with Crippen LogP contribution in [0.15, 0.2) is 39.7 Å². The fourth-order valence-corrected chi connectivity index (χ4v) is 3.62. The number of piperidine rings is 1. The lowest BCUT2D eigenvalue weighted by molar-refractivity contribution is 0.0723. The van der Waals surface area contributed by atoms with Crippen molar-refractivity contribution in [2.24, 2.45) is 7.05 Å². The van der Waals surface area contributed by atoms with Crippen molar-refractivity contribution in [1.29, 1.82) is 0 Å². The van der Waals surface area contributed by atoms with Gasteiger partial charge in [-0.3, -0.25) is 14.4 Å². The molecule has 0 spiro atoms. The first-order chi connectivity index (χ1) is 12.9. The number of halogens is 2. The van der Waals surface area contributed by atoms with Crippen LogP contribution in [0.3, 0.4) is 0 Å². The van der Waals surface area contributed by atoms with Crippen LogP contribution < -0.4 is 10.9 Å². The number of amides is 2. The summed E-state index contributed by atoms with van der Waals surface area (Å²) in [7, 11) is 1.55. The van der Waals surface area contributed by atoms with Crippen LogP contribution in [0, 0.1) is 0 Å². The van der Waals surface area contributed by atoms with Crippen LogP contribution in [0.5, 0.6) is 0 Å². The fraction of sp³-hybridized carbons (Fsp3) is 0.316. The second-order valence-electron chi connectivity index (χ2n) is 6.49. The van der Waals surface area contributed by atoms with Crippen LogP contribution >= 0.6 is 27.5 Å². The molecule has 3 rings (SSSR count). The van der Waals surface area contributed by atoms with Gasteiger partial charge in [0.25, 0.3) is 17.4 Å². The van der Waals surface area contributed by atoms with Crippen molar-refractivity contribution < 1.29 is 9.59 Å². The molecule has 1 aliphatic heterocycles. The molecule has 1 aromatic carbocycles. The number of hydrogen-bond donors (Lipinski definition) is 1. The van der Waals surface area contributed by atoms with Crippen molar-refractivity contribution in [2.45, 2.75) is 19.3 Å². The van der Waals surface area contributed by atoms with Crippen LogP contribution in [-0.2, 0) is 7.05 Å². The van der Waals surface area contributed by atoms with Gasteiger partial charge in [-0.15, -0.1) is 0 Å². The summed E-state index contributed by atoms with van der Waals surface area (Å²) in [5, 5.41) is 2.86. The summed E-state index contributed by atoms with van der Waals surface area (Å²) in [6.07, 6.45) is 4.57. The van der Waals surface area contributed by atoms with E-state index in [2.05, 4.69) is 21.2 Å². The number of rotatable bonds is 3. The third-order valence-electron chi connectivity index (χ3n) is 4.49. The Labute approximate surface area is 170 Å². The first kappa shape index (κ1) is 19.6. The molecule has 1 aliphatic rings. The summed E-state index contributed by atoms with van der Waals surface area (Å²) in [6.45, 7) is 1.41. The summed E-state index contributed by atoms with van der Waals surface area (Å²) in [5.41, 5.74) is 0.251. The molecule has 0 unspecified atom stereocenters. The fourth-order valence-electron chi connectivity index (χ4n) is 3.06. The standard InChI is InChI=1S/C19H19BrClN3O3/c1-23-11-12(18(26)24-7-3-2-4-8-24)9-16(19(23)27)22-17(25)14-10-13(20)5-6-15(14)21/h5-6,9-11H,2-4,7-8H2,1H3,(H,22,25).